The van der Waals surface area contributed by atoms with Gasteiger partial charge in [-0.05, 0) is 6.92 Å². The lowest BCUT2D eigenvalue weighted by molar-refractivity contribution is 0.0781. The normalized spacial score (nSPS) is 11.0. The zero-order chi connectivity index (χ0) is 15.0. The Labute approximate surface area is 118 Å². The standard InChI is InChI=1S/C13H13N5O3/c1-7-9(10-11(19)16-6-17-12(10)21-7)13(20)18(2)5-8-14-3-4-15-8/h3-4,6H,5H2,1-2H3,(H,14,15)(H,16,17,19). The van der Waals surface area contributed by atoms with Crippen molar-refractivity contribution in [1.29, 1.82) is 0 Å². The smallest absolute Gasteiger partial charge is 0.262 e. The van der Waals surface area contributed by atoms with Crippen LogP contribution in [0.3, 0.4) is 0 Å². The van der Waals surface area contributed by atoms with Crippen LogP contribution in [-0.2, 0) is 6.54 Å². The van der Waals surface area contributed by atoms with Crippen LogP contribution in [-0.4, -0.2) is 37.8 Å². The van der Waals surface area contributed by atoms with Crippen molar-refractivity contribution in [3.05, 3.63) is 46.2 Å². The number of hydrogen-bond acceptors (Lipinski definition) is 5. The van der Waals surface area contributed by atoms with Crippen molar-refractivity contribution in [2.24, 2.45) is 0 Å². The van der Waals surface area contributed by atoms with E-state index in [4.69, 9.17) is 4.42 Å². The summed E-state index contributed by atoms with van der Waals surface area (Å²) in [4.78, 5) is 39.3. The number of nitrogens with zero attached hydrogens (tertiary/aromatic N) is 3. The second kappa shape index (κ2) is 4.89. The first-order valence-electron chi connectivity index (χ1n) is 6.28. The lowest BCUT2D eigenvalue weighted by Gasteiger charge is -2.15. The van der Waals surface area contributed by atoms with E-state index in [-0.39, 0.29) is 22.6 Å². The first kappa shape index (κ1) is 13.1. The number of aromatic amines is 2. The second-order valence-corrected chi connectivity index (χ2v) is 4.64. The van der Waals surface area contributed by atoms with Gasteiger partial charge in [-0.1, -0.05) is 0 Å². The molecular formula is C13H13N5O3. The summed E-state index contributed by atoms with van der Waals surface area (Å²) in [6.45, 7) is 1.94. The Bertz CT molecular complexity index is 846. The Morgan fingerprint density at radius 1 is 1.38 bits per heavy atom. The molecule has 3 heterocycles. The molecule has 108 valence electrons. The zero-order valence-electron chi connectivity index (χ0n) is 11.5. The molecule has 0 aliphatic rings. The minimum absolute atomic E-state index is 0.158. The van der Waals surface area contributed by atoms with E-state index in [9.17, 15) is 9.59 Å². The maximum absolute atomic E-state index is 12.6. The average Bonchev–Trinajstić information content (AvgIpc) is 3.05. The molecular weight excluding hydrogens is 274 g/mol. The van der Waals surface area contributed by atoms with E-state index in [1.165, 1.54) is 11.2 Å². The van der Waals surface area contributed by atoms with E-state index in [1.54, 1.807) is 26.4 Å². The number of rotatable bonds is 3. The molecule has 0 atom stereocenters. The third-order valence-electron chi connectivity index (χ3n) is 3.17. The van der Waals surface area contributed by atoms with Gasteiger partial charge in [0.1, 0.15) is 17.0 Å². The summed E-state index contributed by atoms with van der Waals surface area (Å²) < 4.78 is 5.38. The summed E-state index contributed by atoms with van der Waals surface area (Å²) in [5, 5.41) is 0.172. The Hall–Kier alpha value is -2.90. The van der Waals surface area contributed by atoms with Gasteiger partial charge in [-0.2, -0.15) is 0 Å². The quantitative estimate of drug-likeness (QED) is 0.741. The van der Waals surface area contributed by atoms with Crippen molar-refractivity contribution in [2.45, 2.75) is 13.5 Å². The molecule has 0 aliphatic heterocycles. The van der Waals surface area contributed by atoms with Crippen LogP contribution >= 0.6 is 0 Å². The molecule has 8 heteroatoms. The summed E-state index contributed by atoms with van der Waals surface area (Å²) in [6, 6.07) is 0. The number of aryl methyl sites for hydroxylation is 1. The van der Waals surface area contributed by atoms with Crippen molar-refractivity contribution in [2.75, 3.05) is 7.05 Å². The van der Waals surface area contributed by atoms with E-state index in [2.05, 4.69) is 19.9 Å². The predicted octanol–water partition coefficient (Wildman–Crippen LogP) is 0.820. The number of nitrogens with one attached hydrogen (secondary N) is 2. The van der Waals surface area contributed by atoms with Crippen molar-refractivity contribution < 1.29 is 9.21 Å². The van der Waals surface area contributed by atoms with Gasteiger partial charge in [0, 0.05) is 19.4 Å². The van der Waals surface area contributed by atoms with Gasteiger partial charge in [0.05, 0.1) is 18.4 Å². The summed E-state index contributed by atoms with van der Waals surface area (Å²) in [7, 11) is 1.63. The number of imidazole rings is 1. The van der Waals surface area contributed by atoms with Crippen molar-refractivity contribution >= 4 is 17.0 Å². The van der Waals surface area contributed by atoms with Crippen LogP contribution in [0.4, 0.5) is 0 Å². The molecule has 0 fully saturated rings. The Balaban J connectivity index is 2.01. The van der Waals surface area contributed by atoms with Gasteiger partial charge >= 0.3 is 0 Å². The second-order valence-electron chi connectivity index (χ2n) is 4.64. The number of amides is 1. The van der Waals surface area contributed by atoms with Crippen LogP contribution in [0.25, 0.3) is 11.1 Å². The van der Waals surface area contributed by atoms with Gasteiger partial charge in [0.25, 0.3) is 11.5 Å². The minimum atomic E-state index is -0.397. The molecule has 0 saturated heterocycles. The molecule has 0 radical (unpaired) electrons. The van der Waals surface area contributed by atoms with Gasteiger partial charge in [0.15, 0.2) is 0 Å². The van der Waals surface area contributed by atoms with Gasteiger partial charge in [-0.25, -0.2) is 9.97 Å². The summed E-state index contributed by atoms with van der Waals surface area (Å²) in [5.41, 5.74) is -0.00833. The maximum Gasteiger partial charge on any atom is 0.262 e. The Morgan fingerprint density at radius 3 is 2.90 bits per heavy atom. The maximum atomic E-state index is 12.6. The molecule has 21 heavy (non-hydrogen) atoms. The van der Waals surface area contributed by atoms with Crippen molar-refractivity contribution in [3.63, 3.8) is 0 Å². The first-order chi connectivity index (χ1) is 10.1. The van der Waals surface area contributed by atoms with E-state index in [0.717, 1.165) is 0 Å². The van der Waals surface area contributed by atoms with E-state index < -0.39 is 5.56 Å². The molecule has 8 nitrogen and oxygen atoms in total. The summed E-state index contributed by atoms with van der Waals surface area (Å²) in [6.07, 6.45) is 4.54. The highest BCUT2D eigenvalue weighted by atomic mass is 16.3. The zero-order valence-corrected chi connectivity index (χ0v) is 11.5. The number of hydrogen-bond donors (Lipinski definition) is 2. The number of carbonyl (C=O) groups excluding carboxylic acids is 1. The van der Waals surface area contributed by atoms with Crippen LogP contribution in [0, 0.1) is 6.92 Å². The van der Waals surface area contributed by atoms with Crippen LogP contribution in [0.1, 0.15) is 21.9 Å². The third kappa shape index (κ3) is 2.20. The van der Waals surface area contributed by atoms with Gasteiger partial charge in [-0.3, -0.25) is 9.59 Å². The van der Waals surface area contributed by atoms with E-state index in [1.807, 2.05) is 0 Å². The molecule has 3 rings (SSSR count). The molecule has 0 unspecified atom stereocenters. The summed E-state index contributed by atoms with van der Waals surface area (Å²) in [5.74, 6) is 0.704. The highest BCUT2D eigenvalue weighted by Gasteiger charge is 2.24. The number of aromatic nitrogens is 4. The van der Waals surface area contributed by atoms with Crippen molar-refractivity contribution in [3.8, 4) is 0 Å². The third-order valence-corrected chi connectivity index (χ3v) is 3.17. The molecule has 3 aromatic rings. The Morgan fingerprint density at radius 2 is 2.19 bits per heavy atom. The van der Waals surface area contributed by atoms with E-state index in [0.29, 0.717) is 18.1 Å². The average molecular weight is 287 g/mol. The lowest BCUT2D eigenvalue weighted by Crippen LogP contribution is -2.28. The lowest BCUT2D eigenvalue weighted by atomic mass is 10.1. The molecule has 1 amide bonds. The fourth-order valence-corrected chi connectivity index (χ4v) is 2.18. The predicted molar refractivity (Wildman–Crippen MR) is 73.8 cm³/mol. The highest BCUT2D eigenvalue weighted by Crippen LogP contribution is 2.22. The summed E-state index contributed by atoms with van der Waals surface area (Å²) >= 11 is 0. The largest absolute Gasteiger partial charge is 0.442 e. The molecule has 0 saturated carbocycles. The van der Waals surface area contributed by atoms with Crippen LogP contribution < -0.4 is 5.56 Å². The minimum Gasteiger partial charge on any atom is -0.442 e. The highest BCUT2D eigenvalue weighted by molar-refractivity contribution is 6.06. The monoisotopic (exact) mass is 287 g/mol. The fraction of sp³-hybridized carbons (Fsp3) is 0.231. The molecule has 3 aromatic heterocycles. The fourth-order valence-electron chi connectivity index (χ4n) is 2.18. The first-order valence-corrected chi connectivity index (χ1v) is 6.28. The number of H-pyrrole nitrogens is 2. The van der Waals surface area contributed by atoms with Gasteiger partial charge in [-0.15, -0.1) is 0 Å². The van der Waals surface area contributed by atoms with Crippen molar-refractivity contribution in [1.82, 2.24) is 24.8 Å². The number of furan rings is 1. The van der Waals surface area contributed by atoms with Gasteiger partial charge in [0.2, 0.25) is 5.71 Å². The number of carbonyl (C=O) groups is 1. The van der Waals surface area contributed by atoms with Gasteiger partial charge < -0.3 is 19.3 Å². The SMILES string of the molecule is Cc1oc2nc[nH]c(=O)c2c1C(=O)N(C)Cc1ncc[nH]1. The Kier molecular flexibility index (Phi) is 3.05. The molecule has 0 bridgehead atoms. The van der Waals surface area contributed by atoms with E-state index >= 15 is 0 Å². The van der Waals surface area contributed by atoms with Crippen LogP contribution in [0.2, 0.25) is 0 Å². The van der Waals surface area contributed by atoms with Crippen LogP contribution in [0.5, 0.6) is 0 Å². The topological polar surface area (TPSA) is 108 Å². The number of fused-ring (bicyclic) bond motifs is 1. The molecule has 0 aliphatic carbocycles. The molecule has 2 N–H and O–H groups in total. The van der Waals surface area contributed by atoms with Crippen LogP contribution in [0.15, 0.2) is 27.9 Å². The molecule has 0 spiro atoms. The molecule has 0 aromatic carbocycles.